The molecular formula is C23H31N3O4S. The van der Waals surface area contributed by atoms with Gasteiger partial charge in [-0.1, -0.05) is 42.0 Å². The third-order valence-corrected chi connectivity index (χ3v) is 6.59. The maximum Gasteiger partial charge on any atom is 0.243 e. The predicted molar refractivity (Wildman–Crippen MR) is 122 cm³/mol. The van der Waals surface area contributed by atoms with Gasteiger partial charge < -0.3 is 10.1 Å². The zero-order valence-electron chi connectivity index (χ0n) is 18.4. The minimum Gasteiger partial charge on any atom is -0.379 e. The highest BCUT2D eigenvalue weighted by atomic mass is 32.2. The first-order chi connectivity index (χ1) is 14.7. The smallest absolute Gasteiger partial charge is 0.243 e. The van der Waals surface area contributed by atoms with Gasteiger partial charge in [0.25, 0.3) is 0 Å². The number of rotatable bonds is 8. The Bertz CT molecular complexity index is 986. The Morgan fingerprint density at radius 3 is 2.42 bits per heavy atom. The molecule has 1 fully saturated rings. The first-order valence-corrected chi connectivity index (χ1v) is 12.3. The second-order valence-electron chi connectivity index (χ2n) is 8.00. The lowest BCUT2D eigenvalue weighted by Crippen LogP contribution is -2.47. The lowest BCUT2D eigenvalue weighted by atomic mass is 10.1. The summed E-state index contributed by atoms with van der Waals surface area (Å²) in [5.74, 6) is -0.343. The molecule has 7 nitrogen and oxygen atoms in total. The number of sulfonamides is 1. The summed E-state index contributed by atoms with van der Waals surface area (Å²) in [6.45, 7) is 8.06. The van der Waals surface area contributed by atoms with Crippen molar-refractivity contribution in [2.24, 2.45) is 0 Å². The fourth-order valence-electron chi connectivity index (χ4n) is 3.69. The number of nitrogens with zero attached hydrogens (tertiary/aromatic N) is 2. The van der Waals surface area contributed by atoms with E-state index in [1.807, 2.05) is 31.2 Å². The number of hydrogen-bond donors (Lipinski definition) is 1. The highest BCUT2D eigenvalue weighted by Crippen LogP contribution is 2.21. The molecule has 1 amide bonds. The summed E-state index contributed by atoms with van der Waals surface area (Å²) < 4.78 is 31.4. The van der Waals surface area contributed by atoms with E-state index in [0.717, 1.165) is 54.5 Å². The zero-order chi connectivity index (χ0) is 22.4. The average Bonchev–Trinajstić information content (AvgIpc) is 2.73. The number of carbonyl (C=O) groups excluding carboxylic acids is 1. The molecule has 1 saturated heterocycles. The van der Waals surface area contributed by atoms with Gasteiger partial charge >= 0.3 is 0 Å². The van der Waals surface area contributed by atoms with Crippen LogP contribution >= 0.6 is 0 Å². The quantitative estimate of drug-likeness (QED) is 0.675. The van der Waals surface area contributed by atoms with Crippen molar-refractivity contribution in [3.63, 3.8) is 0 Å². The Kier molecular flexibility index (Phi) is 7.69. The molecule has 1 heterocycles. The van der Waals surface area contributed by atoms with Crippen molar-refractivity contribution in [3.8, 4) is 0 Å². The number of anilines is 1. The van der Waals surface area contributed by atoms with Crippen molar-refractivity contribution < 1.29 is 17.9 Å². The number of nitrogens with one attached hydrogen (secondary N) is 1. The van der Waals surface area contributed by atoms with Gasteiger partial charge in [0, 0.05) is 26.2 Å². The molecule has 1 aliphatic rings. The first kappa shape index (κ1) is 23.2. The van der Waals surface area contributed by atoms with E-state index in [1.165, 1.54) is 5.56 Å². The normalized spacial score (nSPS) is 16.0. The van der Waals surface area contributed by atoms with Gasteiger partial charge in [-0.25, -0.2) is 8.42 Å². The van der Waals surface area contributed by atoms with Gasteiger partial charge in [-0.2, -0.15) is 0 Å². The topological polar surface area (TPSA) is 79.0 Å². The molecule has 3 rings (SSSR count). The van der Waals surface area contributed by atoms with E-state index in [2.05, 4.69) is 22.3 Å². The molecular weight excluding hydrogens is 414 g/mol. The van der Waals surface area contributed by atoms with Crippen LogP contribution in [0.1, 0.15) is 23.6 Å². The van der Waals surface area contributed by atoms with Crippen LogP contribution in [-0.4, -0.2) is 57.8 Å². The van der Waals surface area contributed by atoms with Gasteiger partial charge in [-0.15, -0.1) is 0 Å². The standard InChI is InChI=1S/C23H31N3O4S/c1-18-7-9-22(10-8-18)26(31(3,28)29)19(2)23(27)24-16-20-5-4-6-21(15-20)17-25-11-13-30-14-12-25/h4-10,15,19H,11-14,16-17H2,1-3H3,(H,24,27)/t19-/m1/s1. The lowest BCUT2D eigenvalue weighted by Gasteiger charge is -2.28. The fourth-order valence-corrected chi connectivity index (χ4v) is 4.87. The molecule has 1 N–H and O–H groups in total. The summed E-state index contributed by atoms with van der Waals surface area (Å²) in [4.78, 5) is 15.1. The van der Waals surface area contributed by atoms with Gasteiger partial charge in [0.15, 0.2) is 0 Å². The molecule has 1 aliphatic heterocycles. The number of ether oxygens (including phenoxy) is 1. The number of carbonyl (C=O) groups is 1. The molecule has 0 unspecified atom stereocenters. The molecule has 168 valence electrons. The monoisotopic (exact) mass is 445 g/mol. The van der Waals surface area contributed by atoms with Crippen LogP contribution in [0.2, 0.25) is 0 Å². The van der Waals surface area contributed by atoms with E-state index in [-0.39, 0.29) is 5.91 Å². The highest BCUT2D eigenvalue weighted by Gasteiger charge is 2.28. The van der Waals surface area contributed by atoms with Gasteiger partial charge in [0.1, 0.15) is 6.04 Å². The van der Waals surface area contributed by atoms with Crippen molar-refractivity contribution in [1.29, 1.82) is 0 Å². The fraction of sp³-hybridized carbons (Fsp3) is 0.435. The summed E-state index contributed by atoms with van der Waals surface area (Å²) in [5, 5.41) is 2.88. The molecule has 0 saturated carbocycles. The van der Waals surface area contributed by atoms with Gasteiger partial charge in [0.05, 0.1) is 25.2 Å². The first-order valence-electron chi connectivity index (χ1n) is 10.5. The second kappa shape index (κ2) is 10.3. The average molecular weight is 446 g/mol. The Labute approximate surface area is 185 Å². The minimum atomic E-state index is -3.62. The SMILES string of the molecule is Cc1ccc(N([C@H](C)C(=O)NCc2cccc(CN3CCOCC3)c2)S(C)(=O)=O)cc1. The summed E-state index contributed by atoms with van der Waals surface area (Å²) >= 11 is 0. The molecule has 31 heavy (non-hydrogen) atoms. The number of benzene rings is 2. The van der Waals surface area contributed by atoms with Crippen LogP contribution in [0.4, 0.5) is 5.69 Å². The van der Waals surface area contributed by atoms with Crippen LogP contribution in [0.3, 0.4) is 0 Å². The van der Waals surface area contributed by atoms with Gasteiger partial charge in [0.2, 0.25) is 15.9 Å². The van der Waals surface area contributed by atoms with Crippen molar-refractivity contribution in [3.05, 3.63) is 65.2 Å². The Morgan fingerprint density at radius 1 is 1.13 bits per heavy atom. The minimum absolute atomic E-state index is 0.339. The van der Waals surface area contributed by atoms with Crippen LogP contribution in [-0.2, 0) is 32.6 Å². The summed E-state index contributed by atoms with van der Waals surface area (Å²) in [7, 11) is -3.62. The maximum absolute atomic E-state index is 12.8. The van der Waals surface area contributed by atoms with Crippen molar-refractivity contribution in [1.82, 2.24) is 10.2 Å². The third kappa shape index (κ3) is 6.53. The van der Waals surface area contributed by atoms with E-state index in [0.29, 0.717) is 12.2 Å². The predicted octanol–water partition coefficient (Wildman–Crippen LogP) is 2.30. The lowest BCUT2D eigenvalue weighted by molar-refractivity contribution is -0.122. The number of morpholine rings is 1. The zero-order valence-corrected chi connectivity index (χ0v) is 19.2. The van der Waals surface area contributed by atoms with Crippen LogP contribution in [0.25, 0.3) is 0 Å². The number of hydrogen-bond acceptors (Lipinski definition) is 5. The van der Waals surface area contributed by atoms with E-state index in [1.54, 1.807) is 19.1 Å². The highest BCUT2D eigenvalue weighted by molar-refractivity contribution is 7.92. The van der Waals surface area contributed by atoms with Crippen LogP contribution in [0.15, 0.2) is 48.5 Å². The van der Waals surface area contributed by atoms with Crippen LogP contribution in [0, 0.1) is 6.92 Å². The molecule has 0 spiro atoms. The van der Waals surface area contributed by atoms with E-state index < -0.39 is 16.1 Å². The van der Waals surface area contributed by atoms with Crippen molar-refractivity contribution in [2.75, 3.05) is 36.9 Å². The van der Waals surface area contributed by atoms with Gasteiger partial charge in [-0.05, 0) is 37.1 Å². The maximum atomic E-state index is 12.8. The molecule has 1 atom stereocenters. The summed E-state index contributed by atoms with van der Waals surface area (Å²) in [5.41, 5.74) is 3.65. The summed E-state index contributed by atoms with van der Waals surface area (Å²) in [6.07, 6.45) is 1.12. The van der Waals surface area contributed by atoms with E-state index >= 15 is 0 Å². The van der Waals surface area contributed by atoms with Crippen molar-refractivity contribution in [2.45, 2.75) is 33.0 Å². The van der Waals surface area contributed by atoms with E-state index in [9.17, 15) is 13.2 Å². The molecule has 0 bridgehead atoms. The Balaban J connectivity index is 1.64. The molecule has 0 aromatic heterocycles. The molecule has 0 radical (unpaired) electrons. The molecule has 2 aromatic carbocycles. The molecule has 0 aliphatic carbocycles. The van der Waals surface area contributed by atoms with Crippen molar-refractivity contribution >= 4 is 21.6 Å². The largest absolute Gasteiger partial charge is 0.379 e. The number of aryl methyl sites for hydroxylation is 1. The van der Waals surface area contributed by atoms with E-state index in [4.69, 9.17) is 4.74 Å². The van der Waals surface area contributed by atoms with Gasteiger partial charge in [-0.3, -0.25) is 14.0 Å². The van der Waals surface area contributed by atoms with Crippen LogP contribution < -0.4 is 9.62 Å². The molecule has 8 heteroatoms. The number of amides is 1. The second-order valence-corrected chi connectivity index (χ2v) is 9.86. The third-order valence-electron chi connectivity index (χ3n) is 5.34. The Morgan fingerprint density at radius 2 is 1.77 bits per heavy atom. The Hall–Kier alpha value is -2.42. The molecule has 2 aromatic rings. The summed E-state index contributed by atoms with van der Waals surface area (Å²) in [6, 6.07) is 14.3. The van der Waals surface area contributed by atoms with Crippen LogP contribution in [0.5, 0.6) is 0 Å².